The van der Waals surface area contributed by atoms with Gasteiger partial charge in [-0.2, -0.15) is 0 Å². The van der Waals surface area contributed by atoms with Crippen LogP contribution in [0.1, 0.15) is 39.8 Å². The molecular formula is C20H34CoF12N6O2P2. The van der Waals surface area contributed by atoms with E-state index >= 15 is 0 Å². The van der Waals surface area contributed by atoms with Gasteiger partial charge < -0.3 is 10.2 Å². The molecule has 23 heteroatoms. The third kappa shape index (κ3) is 26.3. The first-order valence-electron chi connectivity index (χ1n) is 11.7. The molecule has 2 aromatic heterocycles. The Morgan fingerprint density at radius 3 is 1.05 bits per heavy atom. The molecular weight excluding hydrogens is 705 g/mol. The summed E-state index contributed by atoms with van der Waals surface area (Å²) >= 11 is 0. The fourth-order valence-electron chi connectivity index (χ4n) is 3.54. The molecule has 43 heavy (non-hydrogen) atoms. The maximum absolute atomic E-state index is 10.7. The van der Waals surface area contributed by atoms with E-state index in [0.29, 0.717) is 13.1 Å². The Kier molecular flexibility index (Phi) is 13.4. The van der Waals surface area contributed by atoms with Crippen LogP contribution in [-0.4, -0.2) is 56.1 Å². The molecule has 8 nitrogen and oxygen atoms in total. The second-order valence-corrected chi connectivity index (χ2v) is 13.2. The van der Waals surface area contributed by atoms with Crippen molar-refractivity contribution in [2.75, 3.05) is 13.1 Å². The minimum absolute atomic E-state index is 0. The molecule has 2 N–H and O–H groups in total. The van der Waals surface area contributed by atoms with E-state index < -0.39 is 27.8 Å². The van der Waals surface area contributed by atoms with Gasteiger partial charge in [0.25, 0.3) is 0 Å². The van der Waals surface area contributed by atoms with Crippen molar-refractivity contribution in [1.29, 1.82) is 0 Å². The SMILES string of the molecule is CC(=NCCN=C(C)C(C(C)O)n1cc[n+](C)c1)C(C(C)O)n1cc[n+](C)c1.F[P-](F)(F)(F)(F)F.F[P-](F)(F)(F)(F)F.[Co]. The van der Waals surface area contributed by atoms with Crippen LogP contribution >= 0.6 is 15.6 Å². The number of aromatic nitrogens is 4. The minimum Gasteiger partial charge on any atom is 0 e. The number of nitrogens with zero attached hydrogens (tertiary/aromatic N) is 6. The second-order valence-electron chi connectivity index (χ2n) is 9.39. The van der Waals surface area contributed by atoms with Gasteiger partial charge in [-0.3, -0.25) is 9.98 Å². The van der Waals surface area contributed by atoms with Gasteiger partial charge in [-0.25, -0.2) is 18.3 Å². The third-order valence-electron chi connectivity index (χ3n) is 4.81. The van der Waals surface area contributed by atoms with Gasteiger partial charge in [0.05, 0.1) is 50.8 Å². The van der Waals surface area contributed by atoms with Crippen LogP contribution in [0.2, 0.25) is 0 Å². The number of hydrogen-bond donors (Lipinski definition) is 2. The molecule has 0 saturated heterocycles. The maximum atomic E-state index is 10.2. The van der Waals surface area contributed by atoms with Crippen molar-refractivity contribution < 1.29 is 86.5 Å². The third-order valence-corrected chi connectivity index (χ3v) is 4.81. The normalized spacial score (nSPS) is 18.9. The van der Waals surface area contributed by atoms with E-state index in [1.165, 1.54) is 0 Å². The summed E-state index contributed by atoms with van der Waals surface area (Å²) in [4.78, 5) is 9.26. The van der Waals surface area contributed by atoms with E-state index in [2.05, 4.69) is 9.98 Å². The number of rotatable bonds is 9. The first-order valence-corrected chi connectivity index (χ1v) is 15.7. The summed E-state index contributed by atoms with van der Waals surface area (Å²) in [5.74, 6) is 0. The molecule has 0 amide bonds. The molecule has 4 unspecified atom stereocenters. The van der Waals surface area contributed by atoms with Gasteiger partial charge in [0, 0.05) is 16.8 Å². The number of aliphatic imine (C=N–C) groups is 2. The summed E-state index contributed by atoms with van der Waals surface area (Å²) in [6, 6.07) is -0.396. The van der Waals surface area contributed by atoms with E-state index in [0.717, 1.165) is 11.4 Å². The van der Waals surface area contributed by atoms with Crippen molar-refractivity contribution in [3.05, 3.63) is 37.4 Å². The van der Waals surface area contributed by atoms with Crippen LogP contribution in [0.4, 0.5) is 50.4 Å². The smallest absolute Gasteiger partial charge is 0 e. The summed E-state index contributed by atoms with van der Waals surface area (Å²) in [6.07, 6.45) is 10.5. The molecule has 0 spiro atoms. The molecule has 0 saturated carbocycles. The topological polar surface area (TPSA) is 82.8 Å². The van der Waals surface area contributed by atoms with Crippen molar-refractivity contribution >= 4 is 27.0 Å². The number of aryl methyl sites for hydroxylation is 2. The number of halogens is 12. The quantitative estimate of drug-likeness (QED) is 0.0941. The predicted molar refractivity (Wildman–Crippen MR) is 136 cm³/mol. The summed E-state index contributed by atoms with van der Waals surface area (Å²) < 4.78 is 126. The van der Waals surface area contributed by atoms with Crippen molar-refractivity contribution in [2.45, 2.75) is 52.0 Å². The Bertz CT molecular complexity index is 1130. The number of aliphatic hydroxyl groups excluding tert-OH is 2. The molecule has 4 atom stereocenters. The molecule has 0 aliphatic carbocycles. The van der Waals surface area contributed by atoms with E-state index in [9.17, 15) is 60.6 Å². The average Bonchev–Trinajstić information content (AvgIpc) is 3.28. The Hall–Kier alpha value is -1.79. The van der Waals surface area contributed by atoms with Gasteiger partial charge in [0.2, 0.25) is 12.7 Å². The maximum Gasteiger partial charge on any atom is 0 e. The monoisotopic (exact) mass is 739 g/mol. The zero-order chi connectivity index (χ0) is 33.7. The van der Waals surface area contributed by atoms with Crippen molar-refractivity contribution in [2.24, 2.45) is 24.1 Å². The summed E-state index contributed by atoms with van der Waals surface area (Å²) in [7, 11) is -17.4. The Morgan fingerprint density at radius 1 is 0.651 bits per heavy atom. The second kappa shape index (κ2) is 13.3. The Morgan fingerprint density at radius 2 is 0.884 bits per heavy atom. The Balaban J connectivity index is 0. The molecule has 0 aliphatic heterocycles. The minimum atomic E-state index is -10.7. The summed E-state index contributed by atoms with van der Waals surface area (Å²) in [6.45, 7) is 8.49. The molecule has 0 fully saturated rings. The van der Waals surface area contributed by atoms with Crippen molar-refractivity contribution in [1.82, 2.24) is 9.13 Å². The number of imidazole rings is 2. The van der Waals surface area contributed by atoms with Crippen LogP contribution in [0.3, 0.4) is 0 Å². The first kappa shape index (κ1) is 43.3. The van der Waals surface area contributed by atoms with E-state index in [4.69, 9.17) is 0 Å². The fourth-order valence-corrected chi connectivity index (χ4v) is 3.54. The van der Waals surface area contributed by atoms with Crippen LogP contribution < -0.4 is 9.13 Å². The zero-order valence-electron chi connectivity index (χ0n) is 23.5. The molecule has 2 aromatic rings. The van der Waals surface area contributed by atoms with E-state index in [1.807, 2.05) is 83.7 Å². The predicted octanol–water partition coefficient (Wildman–Crippen LogP) is 7.17. The molecule has 2 heterocycles. The summed E-state index contributed by atoms with van der Waals surface area (Å²) in [5, 5.41) is 20.4. The molecule has 0 aliphatic rings. The van der Waals surface area contributed by atoms with E-state index in [-0.39, 0.29) is 28.9 Å². The van der Waals surface area contributed by atoms with Gasteiger partial charge in [-0.15, -0.1) is 0 Å². The molecule has 0 bridgehead atoms. The molecule has 259 valence electrons. The van der Waals surface area contributed by atoms with Crippen molar-refractivity contribution in [3.8, 4) is 0 Å². The first-order chi connectivity index (χ1) is 18.1. The van der Waals surface area contributed by atoms with Gasteiger partial charge in [-0.1, -0.05) is 0 Å². The fraction of sp³-hybridized carbons (Fsp3) is 0.600. The molecule has 2 rings (SSSR count). The summed E-state index contributed by atoms with van der Waals surface area (Å²) in [5.41, 5.74) is 1.73. The van der Waals surface area contributed by atoms with Crippen molar-refractivity contribution in [3.63, 3.8) is 0 Å². The number of hydrogen-bond acceptors (Lipinski definition) is 4. The van der Waals surface area contributed by atoms with Crippen LogP contribution in [-0.2, 0) is 30.9 Å². The van der Waals surface area contributed by atoms with Crippen LogP contribution in [0.15, 0.2) is 47.4 Å². The number of aliphatic hydroxyl groups is 2. The Labute approximate surface area is 249 Å². The van der Waals surface area contributed by atoms with Gasteiger partial charge >= 0.3 is 66.0 Å². The van der Waals surface area contributed by atoms with Gasteiger partial charge in [0.15, 0.2) is 12.1 Å². The largest absolute Gasteiger partial charge is 0 e. The zero-order valence-corrected chi connectivity index (χ0v) is 26.4. The standard InChI is InChI=1S/C20H34N6O2.Co.2F6P/c1-15(19(17(3)27)25-11-9-23(5)13-25)21-7-8-22-16(2)20(18(4)28)26-12-10-24(6)14-26;;2*1-7(2,3,4,5)6/h9-14,17-20,27-28H,7-8H2,1-6H3;;;/q+2;;2*-1. The van der Waals surface area contributed by atoms with Crippen LogP contribution in [0, 0.1) is 0 Å². The van der Waals surface area contributed by atoms with Crippen LogP contribution in [0.5, 0.6) is 0 Å². The van der Waals surface area contributed by atoms with Gasteiger partial charge in [-0.05, 0) is 27.7 Å². The van der Waals surface area contributed by atoms with E-state index in [1.54, 1.807) is 13.8 Å². The molecule has 0 aromatic carbocycles. The van der Waals surface area contributed by atoms with Gasteiger partial charge in [0.1, 0.15) is 24.8 Å². The average molecular weight is 739 g/mol. The molecule has 1 radical (unpaired) electrons. The van der Waals surface area contributed by atoms with Crippen LogP contribution in [0.25, 0.3) is 0 Å².